The van der Waals surface area contributed by atoms with Gasteiger partial charge in [0.15, 0.2) is 0 Å². The Labute approximate surface area is 229 Å². The SMILES string of the molecule is COc1ccccc1N1CCN(c2ccc(NC(=O)Nc3ccc(C#N)cc3)cc2C(=O)NCC(C)C)CC1. The maximum atomic E-state index is 13.3. The second kappa shape index (κ2) is 12.7. The number of amides is 3. The van der Waals surface area contributed by atoms with Crippen molar-refractivity contribution in [1.82, 2.24) is 5.32 Å². The van der Waals surface area contributed by atoms with Crippen LogP contribution in [0.3, 0.4) is 0 Å². The van der Waals surface area contributed by atoms with Crippen molar-refractivity contribution in [3.05, 3.63) is 77.9 Å². The van der Waals surface area contributed by atoms with Crippen LogP contribution >= 0.6 is 0 Å². The number of ether oxygens (including phenoxy) is 1. The molecular formula is C30H34N6O3. The monoisotopic (exact) mass is 526 g/mol. The van der Waals surface area contributed by atoms with Crippen molar-refractivity contribution in [3.8, 4) is 11.8 Å². The molecule has 0 aromatic heterocycles. The number of nitriles is 1. The highest BCUT2D eigenvalue weighted by molar-refractivity contribution is 6.04. The highest BCUT2D eigenvalue weighted by Gasteiger charge is 2.24. The number of hydrogen-bond acceptors (Lipinski definition) is 6. The minimum atomic E-state index is -0.439. The lowest BCUT2D eigenvalue weighted by molar-refractivity contribution is 0.0949. The van der Waals surface area contributed by atoms with E-state index in [4.69, 9.17) is 10.00 Å². The second-order valence-corrected chi connectivity index (χ2v) is 9.75. The summed E-state index contributed by atoms with van der Waals surface area (Å²) in [6.07, 6.45) is 0. The molecule has 3 amide bonds. The second-order valence-electron chi connectivity index (χ2n) is 9.75. The predicted octanol–water partition coefficient (Wildman–Crippen LogP) is 4.92. The summed E-state index contributed by atoms with van der Waals surface area (Å²) in [5, 5.41) is 17.5. The molecule has 3 aromatic carbocycles. The molecule has 3 aromatic rings. The van der Waals surface area contributed by atoms with Crippen LogP contribution in [0, 0.1) is 17.2 Å². The largest absolute Gasteiger partial charge is 0.495 e. The Kier molecular flexibility index (Phi) is 8.90. The highest BCUT2D eigenvalue weighted by atomic mass is 16.5. The van der Waals surface area contributed by atoms with E-state index in [2.05, 4.69) is 37.9 Å². The molecule has 0 saturated carbocycles. The van der Waals surface area contributed by atoms with Gasteiger partial charge in [0.2, 0.25) is 0 Å². The lowest BCUT2D eigenvalue weighted by Crippen LogP contribution is -2.47. The molecule has 4 rings (SSSR count). The standard InChI is InChI=1S/C30H34N6O3/c1-21(2)20-32-29(37)25-18-24(34-30(38)33-23-10-8-22(19-31)9-11-23)12-13-26(25)35-14-16-36(17-15-35)27-6-4-5-7-28(27)39-3/h4-13,18,21H,14-17,20H2,1-3H3,(H,32,37)(H2,33,34,38). The number of hydrogen-bond donors (Lipinski definition) is 3. The maximum absolute atomic E-state index is 13.3. The number of urea groups is 1. The van der Waals surface area contributed by atoms with Gasteiger partial charge >= 0.3 is 6.03 Å². The number of nitrogens with zero attached hydrogens (tertiary/aromatic N) is 3. The zero-order chi connectivity index (χ0) is 27.8. The molecule has 0 bridgehead atoms. The molecular weight excluding hydrogens is 492 g/mol. The molecule has 202 valence electrons. The number of methoxy groups -OCH3 is 1. The van der Waals surface area contributed by atoms with Crippen LogP contribution in [-0.2, 0) is 0 Å². The van der Waals surface area contributed by atoms with Gasteiger partial charge in [-0.2, -0.15) is 5.26 Å². The summed E-state index contributed by atoms with van der Waals surface area (Å²) < 4.78 is 5.54. The van der Waals surface area contributed by atoms with Crippen LogP contribution in [0.4, 0.5) is 27.5 Å². The van der Waals surface area contributed by atoms with E-state index in [1.54, 1.807) is 43.5 Å². The number of piperazine rings is 1. The van der Waals surface area contributed by atoms with Gasteiger partial charge in [-0.3, -0.25) is 4.79 Å². The molecule has 9 nitrogen and oxygen atoms in total. The Morgan fingerprint density at radius 3 is 2.15 bits per heavy atom. The van der Waals surface area contributed by atoms with E-state index in [9.17, 15) is 9.59 Å². The lowest BCUT2D eigenvalue weighted by Gasteiger charge is -2.38. The molecule has 1 aliphatic rings. The Bertz CT molecular complexity index is 1340. The zero-order valence-corrected chi connectivity index (χ0v) is 22.5. The van der Waals surface area contributed by atoms with Gasteiger partial charge in [-0.1, -0.05) is 26.0 Å². The number of rotatable bonds is 8. The summed E-state index contributed by atoms with van der Waals surface area (Å²) in [6, 6.07) is 21.6. The molecule has 1 heterocycles. The molecule has 9 heteroatoms. The number of benzene rings is 3. The topological polar surface area (TPSA) is 110 Å². The zero-order valence-electron chi connectivity index (χ0n) is 22.5. The third-order valence-electron chi connectivity index (χ3n) is 6.49. The van der Waals surface area contributed by atoms with Crippen molar-refractivity contribution in [2.24, 2.45) is 5.92 Å². The number of carbonyl (C=O) groups is 2. The average Bonchev–Trinajstić information content (AvgIpc) is 2.96. The van der Waals surface area contributed by atoms with Gasteiger partial charge in [-0.15, -0.1) is 0 Å². The Balaban J connectivity index is 1.50. The van der Waals surface area contributed by atoms with Crippen LogP contribution in [0.2, 0.25) is 0 Å². The van der Waals surface area contributed by atoms with Crippen LogP contribution < -0.4 is 30.5 Å². The fraction of sp³-hybridized carbons (Fsp3) is 0.300. The Morgan fingerprint density at radius 2 is 1.51 bits per heavy atom. The summed E-state index contributed by atoms with van der Waals surface area (Å²) in [4.78, 5) is 30.4. The van der Waals surface area contributed by atoms with E-state index >= 15 is 0 Å². The maximum Gasteiger partial charge on any atom is 0.323 e. The Morgan fingerprint density at radius 1 is 0.897 bits per heavy atom. The molecule has 0 unspecified atom stereocenters. The van der Waals surface area contributed by atoms with E-state index < -0.39 is 6.03 Å². The van der Waals surface area contributed by atoms with E-state index in [0.717, 1.165) is 43.3 Å². The number of nitrogens with one attached hydrogen (secondary N) is 3. The minimum Gasteiger partial charge on any atom is -0.495 e. The average molecular weight is 527 g/mol. The number of anilines is 4. The van der Waals surface area contributed by atoms with Gasteiger partial charge in [0.25, 0.3) is 5.91 Å². The van der Waals surface area contributed by atoms with E-state index in [1.807, 2.05) is 38.1 Å². The fourth-order valence-corrected chi connectivity index (χ4v) is 4.46. The quantitative estimate of drug-likeness (QED) is 0.384. The van der Waals surface area contributed by atoms with Crippen LogP contribution in [0.1, 0.15) is 29.8 Å². The van der Waals surface area contributed by atoms with Crippen molar-refractivity contribution >= 4 is 34.7 Å². The van der Waals surface area contributed by atoms with Gasteiger partial charge in [0.1, 0.15) is 5.75 Å². The summed E-state index contributed by atoms with van der Waals surface area (Å²) in [5.74, 6) is 0.970. The smallest absolute Gasteiger partial charge is 0.323 e. The van der Waals surface area contributed by atoms with Gasteiger partial charge < -0.3 is 30.5 Å². The van der Waals surface area contributed by atoms with Crippen molar-refractivity contribution in [2.45, 2.75) is 13.8 Å². The van der Waals surface area contributed by atoms with Crippen LogP contribution in [-0.4, -0.2) is 51.8 Å². The summed E-state index contributed by atoms with van der Waals surface area (Å²) in [6.45, 7) is 7.66. The molecule has 0 atom stereocenters. The first-order chi connectivity index (χ1) is 18.9. The van der Waals surface area contributed by atoms with Gasteiger partial charge in [-0.25, -0.2) is 4.79 Å². The summed E-state index contributed by atoms with van der Waals surface area (Å²) in [5.41, 5.74) is 3.98. The first-order valence-electron chi connectivity index (χ1n) is 13.0. The van der Waals surface area contributed by atoms with Crippen molar-refractivity contribution in [1.29, 1.82) is 5.26 Å². The number of carbonyl (C=O) groups excluding carboxylic acids is 2. The molecule has 1 aliphatic heterocycles. The molecule has 0 aliphatic carbocycles. The van der Waals surface area contributed by atoms with Gasteiger partial charge in [0.05, 0.1) is 30.0 Å². The van der Waals surface area contributed by atoms with Crippen LogP contribution in [0.25, 0.3) is 0 Å². The van der Waals surface area contributed by atoms with Crippen LogP contribution in [0.5, 0.6) is 5.75 Å². The number of para-hydroxylation sites is 2. The molecule has 0 spiro atoms. The first kappa shape index (κ1) is 27.3. The van der Waals surface area contributed by atoms with Crippen molar-refractivity contribution in [2.75, 3.05) is 60.3 Å². The predicted molar refractivity (Wildman–Crippen MR) is 155 cm³/mol. The third kappa shape index (κ3) is 6.99. The van der Waals surface area contributed by atoms with E-state index in [0.29, 0.717) is 35.0 Å². The highest BCUT2D eigenvalue weighted by Crippen LogP contribution is 2.31. The molecule has 1 fully saturated rings. The van der Waals surface area contributed by atoms with Crippen molar-refractivity contribution in [3.63, 3.8) is 0 Å². The molecule has 3 N–H and O–H groups in total. The van der Waals surface area contributed by atoms with Crippen molar-refractivity contribution < 1.29 is 14.3 Å². The summed E-state index contributed by atoms with van der Waals surface area (Å²) >= 11 is 0. The molecule has 39 heavy (non-hydrogen) atoms. The van der Waals surface area contributed by atoms with Gasteiger partial charge in [-0.05, 0) is 60.5 Å². The third-order valence-corrected chi connectivity index (χ3v) is 6.49. The Hall–Kier alpha value is -4.71. The summed E-state index contributed by atoms with van der Waals surface area (Å²) in [7, 11) is 1.68. The van der Waals surface area contributed by atoms with Gasteiger partial charge in [0, 0.05) is 49.8 Å². The first-order valence-corrected chi connectivity index (χ1v) is 13.0. The van der Waals surface area contributed by atoms with Crippen LogP contribution in [0.15, 0.2) is 66.7 Å². The van der Waals surface area contributed by atoms with E-state index in [1.165, 1.54) is 0 Å². The molecule has 0 radical (unpaired) electrons. The molecule has 1 saturated heterocycles. The lowest BCUT2D eigenvalue weighted by atomic mass is 10.1. The normalized spacial score (nSPS) is 13.0. The van der Waals surface area contributed by atoms with E-state index in [-0.39, 0.29) is 5.91 Å². The minimum absolute atomic E-state index is 0.179. The fourth-order valence-electron chi connectivity index (χ4n) is 4.46.